The number of allylic oxidation sites excluding steroid dienone is 1. The van der Waals surface area contributed by atoms with Crippen LogP contribution in [-0.4, -0.2) is 93.6 Å². The fraction of sp³-hybridized carbons (Fsp3) is 0.441. The Hall–Kier alpha value is -4.19. The van der Waals surface area contributed by atoms with E-state index in [1.165, 1.54) is 12.5 Å². The zero-order valence-corrected chi connectivity index (χ0v) is 25.7. The van der Waals surface area contributed by atoms with E-state index in [1.807, 2.05) is 18.2 Å². The topological polar surface area (TPSA) is 174 Å². The molecule has 1 heterocycles. The van der Waals surface area contributed by atoms with Gasteiger partial charge in [0.1, 0.15) is 28.6 Å². The summed E-state index contributed by atoms with van der Waals surface area (Å²) >= 11 is 0. The molecule has 45 heavy (non-hydrogen) atoms. The highest BCUT2D eigenvalue weighted by Crippen LogP contribution is 2.53. The first-order chi connectivity index (χ1) is 21.4. The van der Waals surface area contributed by atoms with Crippen LogP contribution in [0.1, 0.15) is 47.2 Å². The van der Waals surface area contributed by atoms with Crippen LogP contribution in [0.5, 0.6) is 11.5 Å². The predicted octanol–water partition coefficient (Wildman–Crippen LogP) is 2.78. The lowest BCUT2D eigenvalue weighted by Crippen LogP contribution is -2.63. The van der Waals surface area contributed by atoms with Crippen LogP contribution < -0.4 is 10.5 Å². The highest BCUT2D eigenvalue weighted by Gasteiger charge is 2.63. The number of aliphatic hydroxyl groups is 3. The van der Waals surface area contributed by atoms with Crippen molar-refractivity contribution < 1.29 is 39.5 Å². The maximum atomic E-state index is 14.2. The van der Waals surface area contributed by atoms with Crippen molar-refractivity contribution in [3.8, 4) is 22.6 Å². The summed E-state index contributed by atoms with van der Waals surface area (Å²) in [5.41, 5.74) is 5.00. The van der Waals surface area contributed by atoms with Crippen molar-refractivity contribution in [2.75, 3.05) is 34.3 Å². The number of piperidine rings is 1. The number of nitrogens with zero attached hydrogens (tertiary/aromatic N) is 2. The molecule has 1 amide bonds. The fourth-order valence-corrected chi connectivity index (χ4v) is 7.95. The number of likely N-dealkylation sites (N-methyl/N-ethyl adjacent to an activating group) is 1. The molecule has 4 aliphatic rings. The molecule has 11 nitrogen and oxygen atoms in total. The molecule has 0 saturated carbocycles. The number of aliphatic hydroxyl groups excluding tert-OH is 2. The van der Waals surface area contributed by atoms with Crippen LogP contribution in [0, 0.1) is 11.8 Å². The standard InChI is InChI=1S/C34H39N3O8/c1-36(2)28-23-15-17-14-22-21(20-8-7-19(45-3)13-18(20)16-37-11-5-4-6-12-37)9-10-24(38)26(22)29(39)25(17)31(41)34(23,44)32(42)27(30(28)40)33(35)43/h7-10,13,17,23,28,38,40-41,44H,4-6,11-12,14-16H2,1-3H3,(H2,35,43)/t17-,23-,28-,34-/m0/s1. The van der Waals surface area contributed by atoms with E-state index >= 15 is 0 Å². The molecule has 6 N–H and O–H groups in total. The number of hydrogen-bond donors (Lipinski definition) is 5. The minimum atomic E-state index is -2.67. The number of rotatable bonds is 6. The summed E-state index contributed by atoms with van der Waals surface area (Å²) < 4.78 is 5.54. The lowest BCUT2D eigenvalue weighted by Gasteiger charge is -2.50. The molecular weight excluding hydrogens is 578 g/mol. The van der Waals surface area contributed by atoms with Gasteiger partial charge in [-0.2, -0.15) is 0 Å². The molecule has 3 aliphatic carbocycles. The molecule has 0 bridgehead atoms. The van der Waals surface area contributed by atoms with Crippen LogP contribution in [0.25, 0.3) is 11.1 Å². The lowest BCUT2D eigenvalue weighted by molar-refractivity contribution is -0.148. The summed E-state index contributed by atoms with van der Waals surface area (Å²) in [4.78, 5) is 43.9. The Morgan fingerprint density at radius 2 is 1.76 bits per heavy atom. The number of ether oxygens (including phenoxy) is 1. The first-order valence-electron chi connectivity index (χ1n) is 15.3. The van der Waals surface area contributed by atoms with Gasteiger partial charge in [-0.25, -0.2) is 0 Å². The van der Waals surface area contributed by atoms with Gasteiger partial charge in [-0.1, -0.05) is 18.6 Å². The van der Waals surface area contributed by atoms with Crippen molar-refractivity contribution in [2.24, 2.45) is 17.6 Å². The summed E-state index contributed by atoms with van der Waals surface area (Å²) in [7, 11) is 4.83. The Bertz CT molecular complexity index is 1670. The van der Waals surface area contributed by atoms with Crippen LogP contribution in [0.2, 0.25) is 0 Å². The molecule has 0 unspecified atom stereocenters. The monoisotopic (exact) mass is 617 g/mol. The van der Waals surface area contributed by atoms with E-state index in [0.717, 1.165) is 42.6 Å². The Kier molecular flexibility index (Phi) is 7.75. The number of phenols is 1. The van der Waals surface area contributed by atoms with Crippen molar-refractivity contribution in [1.29, 1.82) is 0 Å². The number of nitrogens with two attached hydrogens (primary N) is 1. The number of fused-ring (bicyclic) bond motifs is 3. The van der Waals surface area contributed by atoms with Gasteiger partial charge in [0, 0.05) is 18.0 Å². The summed E-state index contributed by atoms with van der Waals surface area (Å²) in [5, 5.41) is 45.5. The second-order valence-electron chi connectivity index (χ2n) is 12.8. The summed E-state index contributed by atoms with van der Waals surface area (Å²) in [5.74, 6) is -5.99. The molecule has 2 aromatic rings. The molecule has 1 saturated heterocycles. The molecule has 11 heteroatoms. The van der Waals surface area contributed by atoms with E-state index in [4.69, 9.17) is 10.5 Å². The van der Waals surface area contributed by atoms with Gasteiger partial charge in [0.05, 0.1) is 18.7 Å². The van der Waals surface area contributed by atoms with Gasteiger partial charge in [-0.15, -0.1) is 0 Å². The summed E-state index contributed by atoms with van der Waals surface area (Å²) in [6, 6.07) is 7.99. The molecule has 238 valence electrons. The third-order valence-corrected chi connectivity index (χ3v) is 10.1. The van der Waals surface area contributed by atoms with E-state index < -0.39 is 58.0 Å². The number of benzene rings is 2. The number of carbonyl (C=O) groups is 3. The Balaban J connectivity index is 1.50. The Morgan fingerprint density at radius 3 is 2.40 bits per heavy atom. The van der Waals surface area contributed by atoms with Gasteiger partial charge in [0.15, 0.2) is 11.4 Å². The molecule has 6 rings (SSSR count). The van der Waals surface area contributed by atoms with E-state index in [-0.39, 0.29) is 29.7 Å². The molecule has 0 spiro atoms. The maximum Gasteiger partial charge on any atom is 0.255 e. The molecule has 0 aromatic heterocycles. The second kappa shape index (κ2) is 11.3. The quantitative estimate of drug-likeness (QED) is 0.303. The third-order valence-electron chi connectivity index (χ3n) is 10.1. The smallest absolute Gasteiger partial charge is 0.255 e. The van der Waals surface area contributed by atoms with Gasteiger partial charge in [-0.05, 0) is 99.2 Å². The van der Waals surface area contributed by atoms with Gasteiger partial charge in [-0.3, -0.25) is 24.2 Å². The molecular formula is C34H39N3O8. The Morgan fingerprint density at radius 1 is 1.07 bits per heavy atom. The number of ketones is 2. The Labute approximate surface area is 261 Å². The molecule has 4 atom stereocenters. The molecule has 2 aromatic carbocycles. The van der Waals surface area contributed by atoms with Crippen LogP contribution in [-0.2, 0) is 22.6 Å². The van der Waals surface area contributed by atoms with Crippen molar-refractivity contribution in [2.45, 2.75) is 50.3 Å². The second-order valence-corrected chi connectivity index (χ2v) is 12.8. The summed E-state index contributed by atoms with van der Waals surface area (Å²) in [6.07, 6.45) is 3.70. The summed E-state index contributed by atoms with van der Waals surface area (Å²) in [6.45, 7) is 2.64. The van der Waals surface area contributed by atoms with Crippen LogP contribution >= 0.6 is 0 Å². The number of hydrogen-bond acceptors (Lipinski definition) is 10. The first-order valence-corrected chi connectivity index (χ1v) is 15.3. The SMILES string of the molecule is COc1ccc(-c2ccc(O)c3c2C[C@H]2C[C@H]4[C@H](N(C)C)C(O)=C(C(N)=O)C(=O)[C@@]4(O)C(O)=C2C3=O)c(CN2CCCCC2)c1. The molecule has 0 radical (unpaired) electrons. The highest BCUT2D eigenvalue weighted by atomic mass is 16.5. The minimum absolute atomic E-state index is 0.00646. The van der Waals surface area contributed by atoms with E-state index in [0.29, 0.717) is 17.9 Å². The van der Waals surface area contributed by atoms with Crippen molar-refractivity contribution in [3.05, 3.63) is 69.7 Å². The van der Waals surface area contributed by atoms with Gasteiger partial charge < -0.3 is 30.9 Å². The van der Waals surface area contributed by atoms with Gasteiger partial charge >= 0.3 is 0 Å². The van der Waals surface area contributed by atoms with Crippen LogP contribution in [0.4, 0.5) is 0 Å². The zero-order chi connectivity index (χ0) is 32.4. The van der Waals surface area contributed by atoms with E-state index in [9.17, 15) is 34.8 Å². The predicted molar refractivity (Wildman–Crippen MR) is 165 cm³/mol. The largest absolute Gasteiger partial charge is 0.510 e. The zero-order valence-electron chi connectivity index (χ0n) is 25.7. The fourth-order valence-electron chi connectivity index (χ4n) is 7.95. The number of primary amides is 1. The molecule has 1 aliphatic heterocycles. The highest BCUT2D eigenvalue weighted by molar-refractivity contribution is 6.25. The van der Waals surface area contributed by atoms with Crippen LogP contribution in [0.3, 0.4) is 0 Å². The number of likely N-dealkylation sites (tertiary alicyclic amines) is 1. The van der Waals surface area contributed by atoms with Gasteiger partial charge in [0.2, 0.25) is 5.78 Å². The van der Waals surface area contributed by atoms with Crippen molar-refractivity contribution >= 4 is 17.5 Å². The average molecular weight is 618 g/mol. The average Bonchev–Trinajstić information content (AvgIpc) is 2.99. The van der Waals surface area contributed by atoms with Gasteiger partial charge in [0.25, 0.3) is 5.91 Å². The normalized spacial score (nSPS) is 26.9. The van der Waals surface area contributed by atoms with Crippen molar-refractivity contribution in [1.82, 2.24) is 9.80 Å². The maximum absolute atomic E-state index is 14.2. The number of aromatic hydroxyl groups is 1. The first kappa shape index (κ1) is 30.8. The number of methoxy groups -OCH3 is 1. The third kappa shape index (κ3) is 4.72. The van der Waals surface area contributed by atoms with E-state index in [2.05, 4.69) is 4.90 Å². The molecule has 1 fully saturated rings. The number of amides is 1. The van der Waals surface area contributed by atoms with Crippen molar-refractivity contribution in [3.63, 3.8) is 0 Å². The lowest BCUT2D eigenvalue weighted by atomic mass is 9.58. The minimum Gasteiger partial charge on any atom is -0.510 e. The van der Waals surface area contributed by atoms with Crippen LogP contribution in [0.15, 0.2) is 53.0 Å². The number of Topliss-reactive ketones (excluding diaryl/α,β-unsaturated/α-hetero) is 2. The number of phenolic OH excluding ortho intramolecular Hbond substituents is 1. The van der Waals surface area contributed by atoms with E-state index in [1.54, 1.807) is 32.2 Å². The number of carbonyl (C=O) groups excluding carboxylic acids is 3.